The second-order valence-electron chi connectivity index (χ2n) is 7.41. The Morgan fingerprint density at radius 2 is 1.70 bits per heavy atom. The topological polar surface area (TPSA) is 106 Å². The molecule has 3 aromatic rings. The number of aromatic nitrogens is 2. The van der Waals surface area contributed by atoms with Gasteiger partial charge < -0.3 is 10.4 Å². The average Bonchev–Trinajstić information content (AvgIpc) is 2.77. The van der Waals surface area contributed by atoms with Crippen LogP contribution in [-0.2, 0) is 18.9 Å². The average molecular weight is 531 g/mol. The third-order valence-corrected chi connectivity index (χ3v) is 6.37. The first-order valence-corrected chi connectivity index (χ1v) is 11.7. The molecule has 3 rings (SSSR count). The number of aliphatic imine (C=N–C) groups is 1. The lowest BCUT2D eigenvalue weighted by Crippen LogP contribution is -2.39. The zero-order valence-corrected chi connectivity index (χ0v) is 21.0. The molecule has 0 fully saturated rings. The first-order valence-electron chi connectivity index (χ1n) is 9.92. The summed E-state index contributed by atoms with van der Waals surface area (Å²) in [6.45, 7) is 3.80. The fraction of sp³-hybridized carbons (Fsp3) is 0.217. The van der Waals surface area contributed by atoms with Crippen molar-refractivity contribution in [3.05, 3.63) is 84.5 Å². The van der Waals surface area contributed by atoms with Gasteiger partial charge in [-0.2, -0.15) is 0 Å². The second-order valence-corrected chi connectivity index (χ2v) is 9.29. The third-order valence-electron chi connectivity index (χ3n) is 4.94. The van der Waals surface area contributed by atoms with Gasteiger partial charge in [-0.3, -0.25) is 18.7 Å². The number of aromatic hydroxyl groups is 1. The first-order chi connectivity index (χ1) is 15.6. The molecule has 0 bridgehead atoms. The van der Waals surface area contributed by atoms with Gasteiger partial charge in [-0.15, -0.1) is 0 Å². The van der Waals surface area contributed by atoms with E-state index in [9.17, 15) is 19.5 Å². The van der Waals surface area contributed by atoms with Crippen molar-refractivity contribution in [2.75, 3.05) is 11.1 Å². The number of nitrogens with zero attached hydrogens (tertiary/aromatic N) is 3. The molecule has 33 heavy (non-hydrogen) atoms. The highest BCUT2D eigenvalue weighted by molar-refractivity contribution is 9.10. The largest absolute Gasteiger partial charge is 0.494 e. The van der Waals surface area contributed by atoms with Crippen molar-refractivity contribution < 1.29 is 9.90 Å². The number of carbonyl (C=O) groups excluding carboxylic acids is 1. The molecular formula is C23H23BrN4O4S. The Kier molecular flexibility index (Phi) is 7.60. The Balaban J connectivity index is 1.97. The highest BCUT2D eigenvalue weighted by Gasteiger charge is 2.22. The van der Waals surface area contributed by atoms with Crippen LogP contribution in [0.3, 0.4) is 0 Å². The summed E-state index contributed by atoms with van der Waals surface area (Å²) >= 11 is 4.44. The molecule has 2 aromatic carbocycles. The van der Waals surface area contributed by atoms with Crippen LogP contribution in [-0.4, -0.2) is 30.9 Å². The van der Waals surface area contributed by atoms with Crippen LogP contribution in [0.15, 0.2) is 61.5 Å². The highest BCUT2D eigenvalue weighted by atomic mass is 79.9. The molecule has 2 N–H and O–H groups in total. The van der Waals surface area contributed by atoms with Crippen molar-refractivity contribution in [3.8, 4) is 5.88 Å². The molecule has 0 spiro atoms. The summed E-state index contributed by atoms with van der Waals surface area (Å²) in [7, 11) is 2.68. The zero-order valence-electron chi connectivity index (χ0n) is 18.5. The van der Waals surface area contributed by atoms with Gasteiger partial charge in [0, 0.05) is 24.3 Å². The summed E-state index contributed by atoms with van der Waals surface area (Å²) in [5.74, 6) is -0.868. The lowest BCUT2D eigenvalue weighted by molar-refractivity contribution is -0.113. The van der Waals surface area contributed by atoms with Gasteiger partial charge in [0.2, 0.25) is 11.8 Å². The first kappa shape index (κ1) is 24.5. The summed E-state index contributed by atoms with van der Waals surface area (Å²) in [6, 6.07) is 12.7. The number of anilines is 1. The van der Waals surface area contributed by atoms with Gasteiger partial charge in [-0.25, -0.2) is 9.79 Å². The number of rotatable bonds is 5. The molecule has 0 aliphatic heterocycles. The van der Waals surface area contributed by atoms with Crippen molar-refractivity contribution in [3.63, 3.8) is 0 Å². The number of amides is 1. The fourth-order valence-electron chi connectivity index (χ4n) is 3.22. The van der Waals surface area contributed by atoms with E-state index in [2.05, 4.69) is 26.2 Å². The number of aryl methyl sites for hydroxylation is 2. The van der Waals surface area contributed by atoms with Crippen molar-refractivity contribution >= 4 is 50.0 Å². The standard InChI is InChI=1S/C23H23BrN4O4S/c1-13-10-15(24)11-14(2)19(13)26-17(29)12-33-20(25-16-8-6-5-7-9-16)18-21(30)27(3)23(32)28(4)22(18)31/h5-11,30H,12H2,1-4H3,(H,26,29). The number of benzene rings is 2. The Labute approximate surface area is 203 Å². The predicted octanol–water partition coefficient (Wildman–Crippen LogP) is 3.62. The molecule has 0 unspecified atom stereocenters. The van der Waals surface area contributed by atoms with E-state index in [1.54, 1.807) is 24.3 Å². The number of thioether (sulfide) groups is 1. The summed E-state index contributed by atoms with van der Waals surface area (Å²) in [4.78, 5) is 42.2. The van der Waals surface area contributed by atoms with Gasteiger partial charge in [-0.1, -0.05) is 45.9 Å². The van der Waals surface area contributed by atoms with Crippen molar-refractivity contribution in [1.82, 2.24) is 9.13 Å². The van der Waals surface area contributed by atoms with Gasteiger partial charge in [0.25, 0.3) is 5.56 Å². The van der Waals surface area contributed by atoms with E-state index in [0.29, 0.717) is 11.4 Å². The Morgan fingerprint density at radius 1 is 1.09 bits per heavy atom. The quantitative estimate of drug-likeness (QED) is 0.387. The summed E-state index contributed by atoms with van der Waals surface area (Å²) in [5, 5.41) is 13.6. The van der Waals surface area contributed by atoms with E-state index >= 15 is 0 Å². The lowest BCUT2D eigenvalue weighted by Gasteiger charge is -2.14. The van der Waals surface area contributed by atoms with Gasteiger partial charge in [0.1, 0.15) is 10.6 Å². The molecular weight excluding hydrogens is 508 g/mol. The SMILES string of the molecule is Cc1cc(Br)cc(C)c1NC(=O)CSC(=Nc1ccccc1)c1c(O)n(C)c(=O)n(C)c1=O. The number of hydrogen-bond acceptors (Lipinski definition) is 6. The minimum atomic E-state index is -0.696. The minimum absolute atomic E-state index is 0.0634. The molecule has 10 heteroatoms. The van der Waals surface area contributed by atoms with Crippen LogP contribution in [0.4, 0.5) is 11.4 Å². The Morgan fingerprint density at radius 3 is 2.30 bits per heavy atom. The van der Waals surface area contributed by atoms with Crippen LogP contribution < -0.4 is 16.6 Å². The maximum absolute atomic E-state index is 12.8. The summed E-state index contributed by atoms with van der Waals surface area (Å²) < 4.78 is 2.78. The smallest absolute Gasteiger partial charge is 0.333 e. The molecule has 0 radical (unpaired) electrons. The number of carbonyl (C=O) groups is 1. The monoisotopic (exact) mass is 530 g/mol. The summed E-state index contributed by atoms with van der Waals surface area (Å²) in [5.41, 5.74) is 1.56. The van der Waals surface area contributed by atoms with Gasteiger partial charge in [0.15, 0.2) is 0 Å². The zero-order chi connectivity index (χ0) is 24.3. The molecule has 0 saturated heterocycles. The molecule has 0 aliphatic rings. The number of halogens is 1. The molecule has 0 aliphatic carbocycles. The van der Waals surface area contributed by atoms with Crippen LogP contribution >= 0.6 is 27.7 Å². The fourth-order valence-corrected chi connectivity index (χ4v) is 4.74. The van der Waals surface area contributed by atoms with Crippen molar-refractivity contribution in [1.29, 1.82) is 0 Å². The van der Waals surface area contributed by atoms with Crippen molar-refractivity contribution in [2.45, 2.75) is 13.8 Å². The lowest BCUT2D eigenvalue weighted by atomic mass is 10.1. The second kappa shape index (κ2) is 10.2. The highest BCUT2D eigenvalue weighted by Crippen LogP contribution is 2.26. The molecule has 1 amide bonds. The van der Waals surface area contributed by atoms with Crippen LogP contribution in [0.1, 0.15) is 16.7 Å². The molecule has 0 atom stereocenters. The molecule has 172 valence electrons. The number of hydrogen-bond donors (Lipinski definition) is 2. The maximum atomic E-state index is 12.8. The normalized spacial score (nSPS) is 11.5. The van der Waals surface area contributed by atoms with Gasteiger partial charge in [-0.05, 0) is 49.2 Å². The van der Waals surface area contributed by atoms with Crippen LogP contribution in [0, 0.1) is 13.8 Å². The minimum Gasteiger partial charge on any atom is -0.494 e. The molecule has 1 heterocycles. The van der Waals surface area contributed by atoms with E-state index in [4.69, 9.17) is 0 Å². The molecule has 1 aromatic heterocycles. The third kappa shape index (κ3) is 5.45. The van der Waals surface area contributed by atoms with Gasteiger partial charge in [0.05, 0.1) is 11.4 Å². The van der Waals surface area contributed by atoms with E-state index in [1.165, 1.54) is 14.1 Å². The van der Waals surface area contributed by atoms with Crippen molar-refractivity contribution in [2.24, 2.45) is 19.1 Å². The Bertz CT molecular complexity index is 1340. The number of para-hydroxylation sites is 1. The van der Waals surface area contributed by atoms with Crippen LogP contribution in [0.5, 0.6) is 5.88 Å². The van der Waals surface area contributed by atoms with Crippen LogP contribution in [0.2, 0.25) is 0 Å². The Hall–Kier alpha value is -3.11. The number of nitrogens with one attached hydrogen (secondary N) is 1. The summed E-state index contributed by atoms with van der Waals surface area (Å²) in [6.07, 6.45) is 0. The predicted molar refractivity (Wildman–Crippen MR) is 136 cm³/mol. The van der Waals surface area contributed by atoms with Crippen LogP contribution in [0.25, 0.3) is 0 Å². The van der Waals surface area contributed by atoms with E-state index < -0.39 is 17.1 Å². The molecule has 0 saturated carbocycles. The van der Waals surface area contributed by atoms with E-state index in [0.717, 1.165) is 36.5 Å². The van der Waals surface area contributed by atoms with Gasteiger partial charge >= 0.3 is 5.69 Å². The van der Waals surface area contributed by atoms with E-state index in [1.807, 2.05) is 32.0 Å². The maximum Gasteiger partial charge on any atom is 0.333 e. The van der Waals surface area contributed by atoms with E-state index in [-0.39, 0.29) is 22.3 Å². The molecule has 8 nitrogen and oxygen atoms in total.